The minimum Gasteiger partial charge on any atom is -0.267 e. The molecule has 3 rings (SSSR count). The molecule has 2 saturated carbocycles. The van der Waals surface area contributed by atoms with Gasteiger partial charge in [0, 0.05) is 21.7 Å². The van der Waals surface area contributed by atoms with E-state index in [1.807, 2.05) is 0 Å². The quantitative estimate of drug-likeness (QED) is 0.814. The van der Waals surface area contributed by atoms with Gasteiger partial charge in [-0.2, -0.15) is 5.10 Å². The Morgan fingerprint density at radius 3 is 2.48 bits per heavy atom. The Bertz CT molecular complexity index is 606. The predicted molar refractivity (Wildman–Crippen MR) is 85.6 cm³/mol. The largest absolute Gasteiger partial charge is 0.271 e. The van der Waals surface area contributed by atoms with E-state index >= 15 is 0 Å². The number of carbonyl (C=O) groups excluding carboxylic acids is 1. The zero-order chi connectivity index (χ0) is 15.3. The Labute approximate surface area is 130 Å². The van der Waals surface area contributed by atoms with E-state index in [0.717, 1.165) is 12.1 Å². The third kappa shape index (κ3) is 2.18. The van der Waals surface area contributed by atoms with Crippen molar-refractivity contribution in [2.75, 3.05) is 0 Å². The molecular weight excluding hydrogens is 284 g/mol. The minimum atomic E-state index is -0.177. The third-order valence-electron chi connectivity index (χ3n) is 5.91. The van der Waals surface area contributed by atoms with Crippen molar-refractivity contribution in [2.24, 2.45) is 21.8 Å². The van der Waals surface area contributed by atoms with Crippen LogP contribution in [0, 0.1) is 16.7 Å². The molecule has 1 amide bonds. The second kappa shape index (κ2) is 4.84. The molecule has 2 aliphatic carbocycles. The van der Waals surface area contributed by atoms with E-state index in [-0.39, 0.29) is 16.7 Å². The molecule has 0 heterocycles. The van der Waals surface area contributed by atoms with Crippen LogP contribution in [0.25, 0.3) is 0 Å². The van der Waals surface area contributed by atoms with Crippen LogP contribution in [0.5, 0.6) is 0 Å². The number of fused-ring (bicyclic) bond motifs is 2. The Balaban J connectivity index is 1.76. The lowest BCUT2D eigenvalue weighted by molar-refractivity contribution is 0.0954. The first-order valence-electron chi connectivity index (χ1n) is 7.47. The summed E-state index contributed by atoms with van der Waals surface area (Å²) in [7, 11) is 0. The van der Waals surface area contributed by atoms with Crippen molar-refractivity contribution in [1.29, 1.82) is 0 Å². The first kappa shape index (κ1) is 14.6. The fourth-order valence-corrected chi connectivity index (χ4v) is 4.01. The lowest BCUT2D eigenvalue weighted by Gasteiger charge is -2.34. The molecule has 0 spiro atoms. The number of halogens is 1. The van der Waals surface area contributed by atoms with Crippen molar-refractivity contribution in [2.45, 2.75) is 40.0 Å². The van der Waals surface area contributed by atoms with Gasteiger partial charge in [0.15, 0.2) is 0 Å². The van der Waals surface area contributed by atoms with Gasteiger partial charge in [0.2, 0.25) is 0 Å². The number of hydrogen-bond donors (Lipinski definition) is 1. The van der Waals surface area contributed by atoms with Gasteiger partial charge in [-0.3, -0.25) is 4.79 Å². The molecular formula is C17H21ClN2O. The highest BCUT2D eigenvalue weighted by molar-refractivity contribution is 6.30. The first-order chi connectivity index (χ1) is 9.84. The predicted octanol–water partition coefficient (Wildman–Crippen LogP) is 4.27. The fourth-order valence-electron chi connectivity index (χ4n) is 3.88. The van der Waals surface area contributed by atoms with Crippen LogP contribution in [0.3, 0.4) is 0 Å². The molecule has 0 unspecified atom stereocenters. The summed E-state index contributed by atoms with van der Waals surface area (Å²) in [5, 5.41) is 5.08. The molecule has 1 N–H and O–H groups in total. The SMILES string of the molecule is CC1(C)[C@@H]2CC[C@]1(C)/C(=N\NC(=O)c1ccc(Cl)cc1)C2. The lowest BCUT2D eigenvalue weighted by atomic mass is 9.70. The van der Waals surface area contributed by atoms with Crippen molar-refractivity contribution in [1.82, 2.24) is 5.43 Å². The van der Waals surface area contributed by atoms with Crippen molar-refractivity contribution in [3.05, 3.63) is 34.9 Å². The summed E-state index contributed by atoms with van der Waals surface area (Å²) < 4.78 is 0. The fraction of sp³-hybridized carbons (Fsp3) is 0.529. The van der Waals surface area contributed by atoms with Crippen LogP contribution in [0.1, 0.15) is 50.4 Å². The van der Waals surface area contributed by atoms with Crippen molar-refractivity contribution < 1.29 is 4.79 Å². The topological polar surface area (TPSA) is 41.5 Å². The van der Waals surface area contributed by atoms with Gasteiger partial charge < -0.3 is 0 Å². The average molecular weight is 305 g/mol. The summed E-state index contributed by atoms with van der Waals surface area (Å²) in [4.78, 5) is 12.1. The molecule has 0 saturated heterocycles. The van der Waals surface area contributed by atoms with Crippen LogP contribution >= 0.6 is 11.6 Å². The molecule has 1 aromatic carbocycles. The van der Waals surface area contributed by atoms with Gasteiger partial charge >= 0.3 is 0 Å². The summed E-state index contributed by atoms with van der Waals surface area (Å²) in [5.41, 5.74) is 4.83. The van der Waals surface area contributed by atoms with E-state index in [1.165, 1.54) is 12.8 Å². The lowest BCUT2D eigenvalue weighted by Crippen LogP contribution is -2.34. The maximum absolute atomic E-state index is 12.1. The van der Waals surface area contributed by atoms with Crippen LogP contribution in [0.15, 0.2) is 29.4 Å². The first-order valence-corrected chi connectivity index (χ1v) is 7.85. The second-order valence-corrected chi connectivity index (χ2v) is 7.44. The number of carbonyl (C=O) groups is 1. The highest BCUT2D eigenvalue weighted by Crippen LogP contribution is 2.63. The summed E-state index contributed by atoms with van der Waals surface area (Å²) in [6.07, 6.45) is 3.44. The average Bonchev–Trinajstić information content (AvgIpc) is 2.78. The molecule has 0 aliphatic heterocycles. The Morgan fingerprint density at radius 1 is 1.29 bits per heavy atom. The number of nitrogens with one attached hydrogen (secondary N) is 1. The molecule has 2 fully saturated rings. The molecule has 1 aromatic rings. The molecule has 2 bridgehead atoms. The van der Waals surface area contributed by atoms with Gasteiger partial charge in [-0.05, 0) is 54.9 Å². The molecule has 2 aliphatic rings. The van der Waals surface area contributed by atoms with Crippen LogP contribution in [0.4, 0.5) is 0 Å². The number of amides is 1. The number of benzene rings is 1. The number of hydrogen-bond acceptors (Lipinski definition) is 2. The molecule has 0 radical (unpaired) electrons. The standard InChI is InChI=1S/C17H21ClN2O/c1-16(2)12-8-9-17(16,3)14(10-12)19-20-15(21)11-4-6-13(18)7-5-11/h4-7,12H,8-10H2,1-3H3,(H,20,21)/b19-14-/t12-,17-/m1/s1. The summed E-state index contributed by atoms with van der Waals surface area (Å²) in [5.74, 6) is 0.511. The summed E-state index contributed by atoms with van der Waals surface area (Å²) in [6, 6.07) is 6.85. The molecule has 112 valence electrons. The minimum absolute atomic E-state index is 0.116. The van der Waals surface area contributed by atoms with E-state index < -0.39 is 0 Å². The van der Waals surface area contributed by atoms with Crippen LogP contribution in [-0.4, -0.2) is 11.6 Å². The van der Waals surface area contributed by atoms with Crippen molar-refractivity contribution in [3.63, 3.8) is 0 Å². The van der Waals surface area contributed by atoms with Crippen LogP contribution < -0.4 is 5.43 Å². The van der Waals surface area contributed by atoms with Gasteiger partial charge in [-0.1, -0.05) is 32.4 Å². The van der Waals surface area contributed by atoms with Gasteiger partial charge in [-0.15, -0.1) is 0 Å². The van der Waals surface area contributed by atoms with Gasteiger partial charge in [0.1, 0.15) is 0 Å². The van der Waals surface area contributed by atoms with Crippen LogP contribution in [-0.2, 0) is 0 Å². The van der Waals surface area contributed by atoms with E-state index in [1.54, 1.807) is 24.3 Å². The van der Waals surface area contributed by atoms with Crippen molar-refractivity contribution >= 4 is 23.2 Å². The van der Waals surface area contributed by atoms with E-state index in [0.29, 0.717) is 16.5 Å². The summed E-state index contributed by atoms with van der Waals surface area (Å²) >= 11 is 5.83. The van der Waals surface area contributed by atoms with E-state index in [9.17, 15) is 4.79 Å². The zero-order valence-corrected chi connectivity index (χ0v) is 13.5. The van der Waals surface area contributed by atoms with E-state index in [2.05, 4.69) is 31.3 Å². The normalized spacial score (nSPS) is 31.6. The van der Waals surface area contributed by atoms with Crippen molar-refractivity contribution in [3.8, 4) is 0 Å². The molecule has 21 heavy (non-hydrogen) atoms. The number of nitrogens with zero attached hydrogens (tertiary/aromatic N) is 1. The number of rotatable bonds is 2. The van der Waals surface area contributed by atoms with Gasteiger partial charge in [-0.25, -0.2) is 5.43 Å². The second-order valence-electron chi connectivity index (χ2n) is 7.00. The molecule has 0 aromatic heterocycles. The smallest absolute Gasteiger partial charge is 0.267 e. The van der Waals surface area contributed by atoms with E-state index in [4.69, 9.17) is 11.6 Å². The Kier molecular flexibility index (Phi) is 3.36. The highest BCUT2D eigenvalue weighted by atomic mass is 35.5. The Hall–Kier alpha value is -1.35. The molecule has 4 heteroatoms. The maximum atomic E-state index is 12.1. The number of hydrazone groups is 1. The van der Waals surface area contributed by atoms with Gasteiger partial charge in [0.25, 0.3) is 5.91 Å². The zero-order valence-electron chi connectivity index (χ0n) is 12.7. The molecule has 2 atom stereocenters. The maximum Gasteiger partial charge on any atom is 0.271 e. The van der Waals surface area contributed by atoms with Gasteiger partial charge in [0.05, 0.1) is 0 Å². The third-order valence-corrected chi connectivity index (χ3v) is 6.16. The molecule has 3 nitrogen and oxygen atoms in total. The summed E-state index contributed by atoms with van der Waals surface area (Å²) in [6.45, 7) is 6.94. The highest BCUT2D eigenvalue weighted by Gasteiger charge is 2.59. The Morgan fingerprint density at radius 2 is 1.95 bits per heavy atom. The monoisotopic (exact) mass is 304 g/mol. The van der Waals surface area contributed by atoms with Crippen LogP contribution in [0.2, 0.25) is 5.02 Å².